The number of morpholine rings is 1. The molecule has 180 valence electrons. The van der Waals surface area contributed by atoms with Crippen molar-refractivity contribution in [2.24, 2.45) is 5.92 Å². The van der Waals surface area contributed by atoms with Gasteiger partial charge in [0.15, 0.2) is 0 Å². The molecule has 6 nitrogen and oxygen atoms in total. The highest BCUT2D eigenvalue weighted by Crippen LogP contribution is 2.40. The third-order valence-corrected chi connectivity index (χ3v) is 7.62. The summed E-state index contributed by atoms with van der Waals surface area (Å²) in [6.45, 7) is 3.71. The number of likely N-dealkylation sites (tertiary alicyclic amines) is 1. The van der Waals surface area contributed by atoms with Crippen molar-refractivity contribution >= 4 is 11.8 Å². The zero-order valence-electron chi connectivity index (χ0n) is 19.8. The molecule has 0 aromatic heterocycles. The van der Waals surface area contributed by atoms with Gasteiger partial charge in [0.1, 0.15) is 6.04 Å². The van der Waals surface area contributed by atoms with Crippen LogP contribution in [0.1, 0.15) is 48.0 Å². The molecule has 5 rings (SSSR count). The summed E-state index contributed by atoms with van der Waals surface area (Å²) in [4.78, 5) is 31.1. The summed E-state index contributed by atoms with van der Waals surface area (Å²) in [5.41, 5.74) is 1.95. The van der Waals surface area contributed by atoms with Crippen molar-refractivity contribution in [2.45, 2.75) is 56.8 Å². The highest BCUT2D eigenvalue weighted by molar-refractivity contribution is 5.98. The van der Waals surface area contributed by atoms with Crippen LogP contribution in [0, 0.1) is 5.92 Å². The normalized spacial score (nSPS) is 27.2. The van der Waals surface area contributed by atoms with Gasteiger partial charge in [-0.25, -0.2) is 0 Å². The zero-order valence-corrected chi connectivity index (χ0v) is 19.8. The Bertz CT molecular complexity index is 967. The van der Waals surface area contributed by atoms with Gasteiger partial charge in [-0.3, -0.25) is 14.5 Å². The van der Waals surface area contributed by atoms with Crippen LogP contribution < -0.4 is 5.32 Å². The van der Waals surface area contributed by atoms with Crippen LogP contribution in [0.25, 0.3) is 0 Å². The molecule has 0 radical (unpaired) electrons. The van der Waals surface area contributed by atoms with Crippen molar-refractivity contribution in [1.29, 1.82) is 0 Å². The van der Waals surface area contributed by atoms with E-state index < -0.39 is 6.04 Å². The Morgan fingerprint density at radius 3 is 2.50 bits per heavy atom. The second kappa shape index (κ2) is 10.7. The molecular formula is C28H35N3O3. The Hall–Kier alpha value is -2.70. The number of rotatable bonds is 6. The first kappa shape index (κ1) is 23.1. The van der Waals surface area contributed by atoms with Crippen LogP contribution in [0.4, 0.5) is 0 Å². The van der Waals surface area contributed by atoms with E-state index >= 15 is 0 Å². The van der Waals surface area contributed by atoms with Crippen LogP contribution in [0.15, 0.2) is 60.7 Å². The summed E-state index contributed by atoms with van der Waals surface area (Å²) in [5.74, 6) is 0.366. The highest BCUT2D eigenvalue weighted by Gasteiger charge is 2.47. The molecule has 2 aromatic rings. The smallest absolute Gasteiger partial charge is 0.254 e. The van der Waals surface area contributed by atoms with Crippen molar-refractivity contribution in [1.82, 2.24) is 15.1 Å². The number of fused-ring (bicyclic) bond motifs is 1. The Morgan fingerprint density at radius 1 is 0.971 bits per heavy atom. The molecule has 4 atom stereocenters. The lowest BCUT2D eigenvalue weighted by atomic mass is 9.84. The van der Waals surface area contributed by atoms with Gasteiger partial charge < -0.3 is 15.0 Å². The average Bonchev–Trinajstić information content (AvgIpc) is 3.28. The van der Waals surface area contributed by atoms with Crippen molar-refractivity contribution in [2.75, 3.05) is 26.2 Å². The topological polar surface area (TPSA) is 61.9 Å². The predicted octanol–water partition coefficient (Wildman–Crippen LogP) is 3.48. The van der Waals surface area contributed by atoms with E-state index in [4.69, 9.17) is 4.74 Å². The van der Waals surface area contributed by atoms with E-state index in [0.717, 1.165) is 45.3 Å². The minimum absolute atomic E-state index is 0.0156. The lowest BCUT2D eigenvalue weighted by Crippen LogP contribution is -2.52. The standard InChI is InChI=1S/C28H35N3O3/c32-27(29-18-24-20-30(15-16-34-24)19-21-9-3-1-4-10-21)26-17-23-13-7-8-14-25(23)31(26)28(33)22-11-5-2-6-12-22/h1-6,9-12,23-26H,7-8,13-20H2,(H,29,32). The van der Waals surface area contributed by atoms with Gasteiger partial charge in [0.2, 0.25) is 5.91 Å². The molecule has 0 bridgehead atoms. The fourth-order valence-electron chi connectivity index (χ4n) is 5.94. The Labute approximate surface area is 202 Å². The van der Waals surface area contributed by atoms with E-state index in [0.29, 0.717) is 24.6 Å². The van der Waals surface area contributed by atoms with Gasteiger partial charge in [-0.15, -0.1) is 0 Å². The van der Waals surface area contributed by atoms with Crippen molar-refractivity contribution in [3.05, 3.63) is 71.8 Å². The molecule has 3 fully saturated rings. The van der Waals surface area contributed by atoms with E-state index in [1.165, 1.54) is 12.0 Å². The summed E-state index contributed by atoms with van der Waals surface area (Å²) in [6, 6.07) is 19.6. The summed E-state index contributed by atoms with van der Waals surface area (Å²) in [6.07, 6.45) is 5.14. The molecule has 3 aliphatic rings. The summed E-state index contributed by atoms with van der Waals surface area (Å²) in [5, 5.41) is 3.14. The van der Waals surface area contributed by atoms with Gasteiger partial charge in [0.25, 0.3) is 5.91 Å². The maximum Gasteiger partial charge on any atom is 0.254 e. The second-order valence-corrected chi connectivity index (χ2v) is 9.90. The molecule has 6 heteroatoms. The van der Waals surface area contributed by atoms with Gasteiger partial charge in [0, 0.05) is 37.8 Å². The van der Waals surface area contributed by atoms with E-state index in [-0.39, 0.29) is 24.0 Å². The number of benzene rings is 2. The third-order valence-electron chi connectivity index (χ3n) is 7.62. The van der Waals surface area contributed by atoms with Gasteiger partial charge >= 0.3 is 0 Å². The molecule has 4 unspecified atom stereocenters. The maximum atomic E-state index is 13.5. The largest absolute Gasteiger partial charge is 0.374 e. The summed E-state index contributed by atoms with van der Waals surface area (Å²) >= 11 is 0. The summed E-state index contributed by atoms with van der Waals surface area (Å²) < 4.78 is 5.96. The van der Waals surface area contributed by atoms with Crippen LogP contribution in [0.3, 0.4) is 0 Å². The minimum atomic E-state index is -0.398. The SMILES string of the molecule is O=C(NCC1CN(Cc2ccccc2)CCO1)C1CC2CCCCC2N1C(=O)c1ccccc1. The number of nitrogens with zero attached hydrogens (tertiary/aromatic N) is 2. The van der Waals surface area contributed by atoms with Crippen molar-refractivity contribution in [3.63, 3.8) is 0 Å². The number of carbonyl (C=O) groups excluding carboxylic acids is 2. The third kappa shape index (κ3) is 5.18. The first-order valence-electron chi connectivity index (χ1n) is 12.7. The lowest BCUT2D eigenvalue weighted by molar-refractivity contribution is -0.126. The summed E-state index contributed by atoms with van der Waals surface area (Å²) in [7, 11) is 0. The quantitative estimate of drug-likeness (QED) is 0.716. The number of nitrogens with one attached hydrogen (secondary N) is 1. The molecule has 1 saturated carbocycles. The first-order valence-corrected chi connectivity index (χ1v) is 12.7. The molecular weight excluding hydrogens is 426 g/mol. The molecule has 2 aromatic carbocycles. The monoisotopic (exact) mass is 461 g/mol. The fourth-order valence-corrected chi connectivity index (χ4v) is 5.94. The first-order chi connectivity index (χ1) is 16.7. The Balaban J connectivity index is 1.21. The predicted molar refractivity (Wildman–Crippen MR) is 131 cm³/mol. The van der Waals surface area contributed by atoms with E-state index in [2.05, 4.69) is 34.5 Å². The Kier molecular flexibility index (Phi) is 7.26. The molecule has 2 aliphatic heterocycles. The van der Waals surface area contributed by atoms with Crippen molar-refractivity contribution < 1.29 is 14.3 Å². The fraction of sp³-hybridized carbons (Fsp3) is 0.500. The molecule has 2 amide bonds. The van der Waals surface area contributed by atoms with Gasteiger partial charge in [0.05, 0.1) is 12.7 Å². The van der Waals surface area contributed by atoms with Crippen LogP contribution >= 0.6 is 0 Å². The highest BCUT2D eigenvalue weighted by atomic mass is 16.5. The van der Waals surface area contributed by atoms with Crippen LogP contribution in [0.2, 0.25) is 0 Å². The molecule has 2 heterocycles. The molecule has 1 aliphatic carbocycles. The number of ether oxygens (including phenoxy) is 1. The van der Waals surface area contributed by atoms with Gasteiger partial charge in [-0.05, 0) is 42.9 Å². The lowest BCUT2D eigenvalue weighted by Gasteiger charge is -2.35. The minimum Gasteiger partial charge on any atom is -0.374 e. The van der Waals surface area contributed by atoms with Crippen LogP contribution in [-0.4, -0.2) is 66.0 Å². The van der Waals surface area contributed by atoms with Crippen molar-refractivity contribution in [3.8, 4) is 0 Å². The molecule has 34 heavy (non-hydrogen) atoms. The molecule has 1 N–H and O–H groups in total. The zero-order chi connectivity index (χ0) is 23.3. The number of hydrogen-bond donors (Lipinski definition) is 1. The van der Waals surface area contributed by atoms with Crippen LogP contribution in [-0.2, 0) is 16.1 Å². The number of hydrogen-bond acceptors (Lipinski definition) is 4. The van der Waals surface area contributed by atoms with E-state index in [1.807, 2.05) is 41.3 Å². The second-order valence-electron chi connectivity index (χ2n) is 9.90. The van der Waals surface area contributed by atoms with Crippen LogP contribution in [0.5, 0.6) is 0 Å². The average molecular weight is 462 g/mol. The molecule has 0 spiro atoms. The van der Waals surface area contributed by atoms with E-state index in [1.54, 1.807) is 0 Å². The number of amides is 2. The molecule has 2 saturated heterocycles. The van der Waals surface area contributed by atoms with Gasteiger partial charge in [-0.1, -0.05) is 61.4 Å². The van der Waals surface area contributed by atoms with E-state index in [9.17, 15) is 9.59 Å². The maximum absolute atomic E-state index is 13.5. The Morgan fingerprint density at radius 2 is 1.71 bits per heavy atom. The number of carbonyl (C=O) groups is 2. The van der Waals surface area contributed by atoms with Gasteiger partial charge in [-0.2, -0.15) is 0 Å².